The van der Waals surface area contributed by atoms with Crippen LogP contribution in [0.25, 0.3) is 0 Å². The monoisotopic (exact) mass is 446 g/mol. The number of amides is 1. The van der Waals surface area contributed by atoms with Gasteiger partial charge in [0.2, 0.25) is 10.0 Å². The Balaban J connectivity index is 2.18. The first-order valence-electron chi connectivity index (χ1n) is 9.23. The van der Waals surface area contributed by atoms with Crippen molar-refractivity contribution in [3.05, 3.63) is 28.8 Å². The van der Waals surface area contributed by atoms with Crippen LogP contribution in [-0.4, -0.2) is 62.0 Å². The number of esters is 1. The fourth-order valence-corrected chi connectivity index (χ4v) is 5.05. The fourth-order valence-electron chi connectivity index (χ4n) is 2.96. The van der Waals surface area contributed by atoms with Gasteiger partial charge in [-0.15, -0.1) is 0 Å². The maximum atomic E-state index is 13.1. The molecule has 0 aliphatic carbocycles. The highest BCUT2D eigenvalue weighted by Crippen LogP contribution is 2.28. The van der Waals surface area contributed by atoms with Gasteiger partial charge in [0.25, 0.3) is 5.91 Å². The molecular weight excluding hydrogens is 420 g/mol. The van der Waals surface area contributed by atoms with Crippen molar-refractivity contribution in [3.63, 3.8) is 0 Å². The van der Waals surface area contributed by atoms with E-state index < -0.39 is 34.0 Å². The summed E-state index contributed by atoms with van der Waals surface area (Å²) in [4.78, 5) is 23.9. The Morgan fingerprint density at radius 1 is 1.24 bits per heavy atom. The van der Waals surface area contributed by atoms with Crippen molar-refractivity contribution < 1.29 is 27.5 Å². The standard InChI is InChI=1S/C19H27ClN2O6S/c1-12-9-22(10-13(2)28-12)29(25,26)16-8-14(6-7-15(16)20)18(24)27-11-17(23)21-19(3,4)5/h6-8,12-13H,9-11H2,1-5H3,(H,21,23). The van der Waals surface area contributed by atoms with E-state index in [-0.39, 0.29) is 40.8 Å². The third-order valence-electron chi connectivity index (χ3n) is 4.02. The molecule has 1 amide bonds. The van der Waals surface area contributed by atoms with E-state index in [1.54, 1.807) is 34.6 Å². The Labute approximate surface area is 176 Å². The van der Waals surface area contributed by atoms with Crippen molar-refractivity contribution in [1.29, 1.82) is 0 Å². The first-order valence-corrected chi connectivity index (χ1v) is 11.0. The van der Waals surface area contributed by atoms with E-state index in [0.29, 0.717) is 0 Å². The molecule has 10 heteroatoms. The Bertz CT molecular complexity index is 871. The molecule has 1 saturated heterocycles. The molecule has 0 saturated carbocycles. The zero-order chi connectivity index (χ0) is 22.0. The van der Waals surface area contributed by atoms with Gasteiger partial charge < -0.3 is 14.8 Å². The lowest BCUT2D eigenvalue weighted by molar-refractivity contribution is -0.125. The topological polar surface area (TPSA) is 102 Å². The van der Waals surface area contributed by atoms with Gasteiger partial charge in [0.15, 0.2) is 6.61 Å². The van der Waals surface area contributed by atoms with E-state index in [2.05, 4.69) is 5.32 Å². The van der Waals surface area contributed by atoms with Crippen LogP contribution in [0.1, 0.15) is 45.0 Å². The van der Waals surface area contributed by atoms with Crippen LogP contribution in [0.4, 0.5) is 0 Å². The summed E-state index contributed by atoms with van der Waals surface area (Å²) >= 11 is 6.12. The molecule has 8 nitrogen and oxygen atoms in total. The van der Waals surface area contributed by atoms with Crippen molar-refractivity contribution in [2.24, 2.45) is 0 Å². The Hall–Kier alpha value is -1.68. The molecule has 29 heavy (non-hydrogen) atoms. The minimum absolute atomic E-state index is 0.00109. The number of hydrogen-bond donors (Lipinski definition) is 1. The third kappa shape index (κ3) is 6.40. The maximum absolute atomic E-state index is 13.1. The van der Waals surface area contributed by atoms with Crippen LogP contribution >= 0.6 is 11.6 Å². The second-order valence-electron chi connectivity index (χ2n) is 8.10. The molecule has 162 valence electrons. The Morgan fingerprint density at radius 3 is 2.38 bits per heavy atom. The average Bonchev–Trinajstić information content (AvgIpc) is 2.57. The van der Waals surface area contributed by atoms with E-state index in [0.717, 1.165) is 0 Å². The highest BCUT2D eigenvalue weighted by atomic mass is 35.5. The highest BCUT2D eigenvalue weighted by Gasteiger charge is 2.34. The van der Waals surface area contributed by atoms with Crippen molar-refractivity contribution in [2.45, 2.75) is 57.3 Å². The quantitative estimate of drug-likeness (QED) is 0.696. The summed E-state index contributed by atoms with van der Waals surface area (Å²) in [6, 6.07) is 3.86. The minimum atomic E-state index is -3.94. The molecule has 1 aromatic carbocycles. The molecule has 0 radical (unpaired) electrons. The van der Waals surface area contributed by atoms with Crippen molar-refractivity contribution in [2.75, 3.05) is 19.7 Å². The maximum Gasteiger partial charge on any atom is 0.338 e. The zero-order valence-corrected chi connectivity index (χ0v) is 18.8. The van der Waals surface area contributed by atoms with Crippen LogP contribution in [0, 0.1) is 0 Å². The van der Waals surface area contributed by atoms with Crippen molar-refractivity contribution >= 4 is 33.5 Å². The summed E-state index contributed by atoms with van der Waals surface area (Å²) < 4.78 is 38.0. The molecule has 2 atom stereocenters. The highest BCUT2D eigenvalue weighted by molar-refractivity contribution is 7.89. The molecule has 1 aromatic rings. The van der Waals surface area contributed by atoms with Crippen molar-refractivity contribution in [3.8, 4) is 0 Å². The number of ether oxygens (including phenoxy) is 2. The van der Waals surface area contributed by atoms with E-state index in [4.69, 9.17) is 21.1 Å². The van der Waals surface area contributed by atoms with Gasteiger partial charge >= 0.3 is 5.97 Å². The van der Waals surface area contributed by atoms with Crippen LogP contribution in [0.15, 0.2) is 23.1 Å². The molecule has 2 unspecified atom stereocenters. The molecule has 1 heterocycles. The predicted octanol–water partition coefficient (Wildman–Crippen LogP) is 2.21. The van der Waals surface area contributed by atoms with Gasteiger partial charge in [0, 0.05) is 18.6 Å². The van der Waals surface area contributed by atoms with Gasteiger partial charge in [-0.1, -0.05) is 11.6 Å². The summed E-state index contributed by atoms with van der Waals surface area (Å²) in [6.45, 7) is 8.88. The van der Waals surface area contributed by atoms with Gasteiger partial charge in [-0.2, -0.15) is 4.31 Å². The lowest BCUT2D eigenvalue weighted by Gasteiger charge is -2.34. The number of nitrogens with zero attached hydrogens (tertiary/aromatic N) is 1. The summed E-state index contributed by atoms with van der Waals surface area (Å²) in [5.41, 5.74) is -0.469. The lowest BCUT2D eigenvalue weighted by Crippen LogP contribution is -2.48. The summed E-state index contributed by atoms with van der Waals surface area (Å²) in [5.74, 6) is -1.27. The van der Waals surface area contributed by atoms with Crippen molar-refractivity contribution in [1.82, 2.24) is 9.62 Å². The van der Waals surface area contributed by atoms with Crippen LogP contribution in [0.3, 0.4) is 0 Å². The summed E-state index contributed by atoms with van der Waals surface area (Å²) in [5, 5.41) is 2.67. The lowest BCUT2D eigenvalue weighted by atomic mass is 10.1. The minimum Gasteiger partial charge on any atom is -0.452 e. The number of halogens is 1. The molecule has 1 aliphatic heterocycles. The average molecular weight is 447 g/mol. The molecule has 0 spiro atoms. The van der Waals surface area contributed by atoms with Gasteiger partial charge in [0.1, 0.15) is 4.90 Å². The Kier molecular flexibility index (Phi) is 7.32. The van der Waals surface area contributed by atoms with E-state index in [1.165, 1.54) is 22.5 Å². The predicted molar refractivity (Wildman–Crippen MR) is 108 cm³/mol. The third-order valence-corrected chi connectivity index (χ3v) is 6.33. The normalized spacial score (nSPS) is 20.9. The zero-order valence-electron chi connectivity index (χ0n) is 17.2. The van der Waals surface area contributed by atoms with Crippen LogP contribution in [0.5, 0.6) is 0 Å². The Morgan fingerprint density at radius 2 is 1.83 bits per heavy atom. The first kappa shape index (κ1) is 23.6. The van der Waals surface area contributed by atoms with Gasteiger partial charge in [-0.05, 0) is 52.8 Å². The van der Waals surface area contributed by atoms with Gasteiger partial charge in [-0.25, -0.2) is 13.2 Å². The molecule has 1 aliphatic rings. The molecule has 2 rings (SSSR count). The SMILES string of the molecule is CC1CN(S(=O)(=O)c2cc(C(=O)OCC(=O)NC(C)(C)C)ccc2Cl)CC(C)O1. The number of hydrogen-bond acceptors (Lipinski definition) is 6. The number of carbonyl (C=O) groups excluding carboxylic acids is 2. The van der Waals surface area contributed by atoms with Crippen LogP contribution < -0.4 is 5.32 Å². The number of morpholine rings is 1. The van der Waals surface area contributed by atoms with E-state index in [9.17, 15) is 18.0 Å². The summed E-state index contributed by atoms with van der Waals surface area (Å²) in [7, 11) is -3.94. The number of benzene rings is 1. The number of rotatable bonds is 5. The van der Waals surface area contributed by atoms with Gasteiger partial charge in [-0.3, -0.25) is 4.79 Å². The van der Waals surface area contributed by atoms with E-state index in [1.807, 2.05) is 0 Å². The van der Waals surface area contributed by atoms with Crippen LogP contribution in [-0.2, 0) is 24.3 Å². The van der Waals surface area contributed by atoms with Gasteiger partial charge in [0.05, 0.1) is 22.8 Å². The summed E-state index contributed by atoms with van der Waals surface area (Å²) in [6.07, 6.45) is -0.524. The molecule has 1 N–H and O–H groups in total. The second kappa shape index (κ2) is 8.99. The van der Waals surface area contributed by atoms with E-state index >= 15 is 0 Å². The molecule has 1 fully saturated rings. The smallest absolute Gasteiger partial charge is 0.338 e. The second-order valence-corrected chi connectivity index (χ2v) is 10.4. The fraction of sp³-hybridized carbons (Fsp3) is 0.579. The number of carbonyl (C=O) groups is 2. The molecule has 0 aromatic heterocycles. The number of sulfonamides is 1. The molecular formula is C19H27ClN2O6S. The number of nitrogens with one attached hydrogen (secondary N) is 1. The largest absolute Gasteiger partial charge is 0.452 e. The first-order chi connectivity index (χ1) is 13.3. The molecule has 0 bridgehead atoms. The van der Waals surface area contributed by atoms with Crippen LogP contribution in [0.2, 0.25) is 5.02 Å².